The van der Waals surface area contributed by atoms with Gasteiger partial charge in [-0.3, -0.25) is 9.59 Å². The number of benzene rings is 1. The van der Waals surface area contributed by atoms with Crippen LogP contribution in [0, 0.1) is 13.8 Å². The van der Waals surface area contributed by atoms with Crippen LogP contribution in [0.3, 0.4) is 0 Å². The minimum Gasteiger partial charge on any atom is -0.484 e. The zero-order valence-corrected chi connectivity index (χ0v) is 13.4. The molecule has 0 radical (unpaired) electrons. The number of rotatable bonds is 10. The Morgan fingerprint density at radius 3 is 2.55 bits per heavy atom. The summed E-state index contributed by atoms with van der Waals surface area (Å²) >= 11 is 0. The molecular formula is C17H25NO4. The fraction of sp³-hybridized carbons (Fsp3) is 0.529. The molecule has 0 aromatic heterocycles. The van der Waals surface area contributed by atoms with Gasteiger partial charge in [0.2, 0.25) is 0 Å². The third-order valence-electron chi connectivity index (χ3n) is 3.33. The molecule has 0 aliphatic carbocycles. The number of carbonyl (C=O) groups is 2. The third-order valence-corrected chi connectivity index (χ3v) is 3.33. The van der Waals surface area contributed by atoms with E-state index in [2.05, 4.69) is 5.32 Å². The number of aryl methyl sites for hydroxylation is 2. The molecule has 0 bridgehead atoms. The molecule has 1 rings (SSSR count). The molecule has 122 valence electrons. The maximum atomic E-state index is 11.7. The number of unbranched alkanes of at least 4 members (excludes halogenated alkanes) is 3. The lowest BCUT2D eigenvalue weighted by Gasteiger charge is -2.10. The van der Waals surface area contributed by atoms with Gasteiger partial charge in [0.05, 0.1) is 0 Å². The normalized spacial score (nSPS) is 10.3. The van der Waals surface area contributed by atoms with Gasteiger partial charge >= 0.3 is 5.97 Å². The summed E-state index contributed by atoms with van der Waals surface area (Å²) in [6, 6.07) is 5.85. The first kappa shape index (κ1) is 18.0. The van der Waals surface area contributed by atoms with Crippen LogP contribution in [0.4, 0.5) is 0 Å². The summed E-state index contributed by atoms with van der Waals surface area (Å²) in [5, 5.41) is 11.3. The zero-order chi connectivity index (χ0) is 16.4. The quantitative estimate of drug-likeness (QED) is 0.652. The van der Waals surface area contributed by atoms with E-state index in [-0.39, 0.29) is 18.9 Å². The van der Waals surface area contributed by atoms with Crippen molar-refractivity contribution in [1.29, 1.82) is 0 Å². The molecule has 1 aromatic rings. The SMILES string of the molecule is Cc1ccc(OCC(=O)NCCCCCCC(=O)O)c(C)c1. The van der Waals surface area contributed by atoms with E-state index in [1.807, 2.05) is 32.0 Å². The van der Waals surface area contributed by atoms with Crippen molar-refractivity contribution in [3.63, 3.8) is 0 Å². The summed E-state index contributed by atoms with van der Waals surface area (Å²) in [5.41, 5.74) is 2.18. The molecule has 5 nitrogen and oxygen atoms in total. The standard InChI is InChI=1S/C17H25NO4/c1-13-8-9-15(14(2)11-13)22-12-16(19)18-10-6-4-3-5-7-17(20)21/h8-9,11H,3-7,10,12H2,1-2H3,(H,18,19)(H,20,21). The Labute approximate surface area is 131 Å². The Kier molecular flexibility index (Phi) is 8.04. The molecule has 1 amide bonds. The summed E-state index contributed by atoms with van der Waals surface area (Å²) in [4.78, 5) is 22.0. The fourth-order valence-corrected chi connectivity index (χ4v) is 2.14. The van der Waals surface area contributed by atoms with Gasteiger partial charge in [-0.25, -0.2) is 0 Å². The van der Waals surface area contributed by atoms with Gasteiger partial charge in [-0.05, 0) is 38.3 Å². The smallest absolute Gasteiger partial charge is 0.303 e. The summed E-state index contributed by atoms with van der Waals surface area (Å²) < 4.78 is 5.50. The summed E-state index contributed by atoms with van der Waals surface area (Å²) in [7, 11) is 0. The van der Waals surface area contributed by atoms with Crippen LogP contribution in [-0.4, -0.2) is 30.1 Å². The molecule has 2 N–H and O–H groups in total. The van der Waals surface area contributed by atoms with E-state index in [4.69, 9.17) is 9.84 Å². The second-order valence-electron chi connectivity index (χ2n) is 5.47. The predicted octanol–water partition coefficient (Wildman–Crippen LogP) is 2.83. The van der Waals surface area contributed by atoms with Gasteiger partial charge in [-0.15, -0.1) is 0 Å². The van der Waals surface area contributed by atoms with Crippen molar-refractivity contribution in [3.05, 3.63) is 29.3 Å². The lowest BCUT2D eigenvalue weighted by atomic mass is 10.1. The molecule has 0 aliphatic heterocycles. The molecule has 0 spiro atoms. The van der Waals surface area contributed by atoms with Gasteiger partial charge in [-0.2, -0.15) is 0 Å². The van der Waals surface area contributed by atoms with Crippen molar-refractivity contribution in [3.8, 4) is 5.75 Å². The number of hydrogen-bond donors (Lipinski definition) is 2. The predicted molar refractivity (Wildman–Crippen MR) is 85.1 cm³/mol. The van der Waals surface area contributed by atoms with Crippen LogP contribution in [0.1, 0.15) is 43.2 Å². The van der Waals surface area contributed by atoms with E-state index < -0.39 is 5.97 Å². The van der Waals surface area contributed by atoms with Crippen molar-refractivity contribution >= 4 is 11.9 Å². The van der Waals surface area contributed by atoms with Gasteiger partial charge < -0.3 is 15.2 Å². The Balaban J connectivity index is 2.10. The Morgan fingerprint density at radius 2 is 1.86 bits per heavy atom. The van der Waals surface area contributed by atoms with Crippen LogP contribution in [-0.2, 0) is 9.59 Å². The average molecular weight is 307 g/mol. The van der Waals surface area contributed by atoms with Gasteiger partial charge in [0, 0.05) is 13.0 Å². The number of carboxylic acids is 1. The highest BCUT2D eigenvalue weighted by Crippen LogP contribution is 2.18. The van der Waals surface area contributed by atoms with E-state index in [0.29, 0.717) is 13.0 Å². The van der Waals surface area contributed by atoms with Crippen molar-refractivity contribution in [2.45, 2.75) is 46.0 Å². The van der Waals surface area contributed by atoms with Crippen molar-refractivity contribution in [2.75, 3.05) is 13.2 Å². The minimum atomic E-state index is -0.753. The average Bonchev–Trinajstić information content (AvgIpc) is 2.45. The van der Waals surface area contributed by atoms with E-state index in [1.165, 1.54) is 0 Å². The van der Waals surface area contributed by atoms with Gasteiger partial charge in [0.1, 0.15) is 5.75 Å². The summed E-state index contributed by atoms with van der Waals surface area (Å²) in [5.74, 6) is -0.156. The highest BCUT2D eigenvalue weighted by atomic mass is 16.5. The maximum Gasteiger partial charge on any atom is 0.303 e. The maximum absolute atomic E-state index is 11.7. The molecule has 0 aliphatic rings. The van der Waals surface area contributed by atoms with E-state index in [0.717, 1.165) is 36.1 Å². The topological polar surface area (TPSA) is 75.6 Å². The Hall–Kier alpha value is -2.04. The van der Waals surface area contributed by atoms with Gasteiger partial charge in [0.15, 0.2) is 6.61 Å². The molecular weight excluding hydrogens is 282 g/mol. The van der Waals surface area contributed by atoms with Crippen LogP contribution in [0.15, 0.2) is 18.2 Å². The van der Waals surface area contributed by atoms with E-state index in [9.17, 15) is 9.59 Å². The number of nitrogens with one attached hydrogen (secondary N) is 1. The first-order valence-electron chi connectivity index (χ1n) is 7.67. The van der Waals surface area contributed by atoms with Gasteiger partial charge in [0.25, 0.3) is 5.91 Å². The number of aliphatic carboxylic acids is 1. The molecule has 0 heterocycles. The largest absolute Gasteiger partial charge is 0.484 e. The molecule has 22 heavy (non-hydrogen) atoms. The first-order valence-corrected chi connectivity index (χ1v) is 7.67. The second-order valence-corrected chi connectivity index (χ2v) is 5.47. The zero-order valence-electron chi connectivity index (χ0n) is 13.4. The monoisotopic (exact) mass is 307 g/mol. The lowest BCUT2D eigenvalue weighted by Crippen LogP contribution is -2.29. The Morgan fingerprint density at radius 1 is 1.14 bits per heavy atom. The van der Waals surface area contributed by atoms with Crippen LogP contribution in [0.5, 0.6) is 5.75 Å². The molecule has 1 aromatic carbocycles. The molecule has 0 saturated carbocycles. The molecule has 0 fully saturated rings. The number of carboxylic acid groups (broad SMARTS) is 1. The fourth-order valence-electron chi connectivity index (χ4n) is 2.14. The minimum absolute atomic E-state index is 0.0168. The van der Waals surface area contributed by atoms with Crippen molar-refractivity contribution in [2.24, 2.45) is 0 Å². The van der Waals surface area contributed by atoms with Crippen LogP contribution in [0.25, 0.3) is 0 Å². The molecule has 0 saturated heterocycles. The number of amides is 1. The van der Waals surface area contributed by atoms with Crippen LogP contribution >= 0.6 is 0 Å². The van der Waals surface area contributed by atoms with E-state index in [1.54, 1.807) is 0 Å². The summed E-state index contributed by atoms with van der Waals surface area (Å²) in [6.45, 7) is 4.59. The Bertz CT molecular complexity index is 499. The first-order chi connectivity index (χ1) is 10.5. The number of carbonyl (C=O) groups excluding carboxylic acids is 1. The lowest BCUT2D eigenvalue weighted by molar-refractivity contribution is -0.137. The highest BCUT2D eigenvalue weighted by molar-refractivity contribution is 5.77. The highest BCUT2D eigenvalue weighted by Gasteiger charge is 2.04. The van der Waals surface area contributed by atoms with Crippen LogP contribution < -0.4 is 10.1 Å². The van der Waals surface area contributed by atoms with Crippen molar-refractivity contribution in [1.82, 2.24) is 5.32 Å². The molecule has 0 unspecified atom stereocenters. The molecule has 0 atom stereocenters. The summed E-state index contributed by atoms with van der Waals surface area (Å²) in [6.07, 6.45) is 3.57. The van der Waals surface area contributed by atoms with E-state index >= 15 is 0 Å². The van der Waals surface area contributed by atoms with Crippen LogP contribution in [0.2, 0.25) is 0 Å². The third kappa shape index (κ3) is 7.67. The number of ether oxygens (including phenoxy) is 1. The number of hydrogen-bond acceptors (Lipinski definition) is 3. The molecule has 5 heteroatoms. The van der Waals surface area contributed by atoms with Crippen molar-refractivity contribution < 1.29 is 19.4 Å². The second kappa shape index (κ2) is 9.82. The van der Waals surface area contributed by atoms with Gasteiger partial charge in [-0.1, -0.05) is 30.5 Å².